The van der Waals surface area contributed by atoms with Crippen LogP contribution in [0.2, 0.25) is 0 Å². The molecule has 0 saturated carbocycles. The molecule has 1 aromatic rings. The molecule has 1 saturated heterocycles. The Bertz CT molecular complexity index is 378. The standard InChI is InChI=1S/C13H16F2O2/c1-13(16,9-3-2-4-17-8-9)10-5-11(14)7-12(15)6-10/h5-7,9,16H,2-4,8H2,1H3. The van der Waals surface area contributed by atoms with Crippen molar-refractivity contribution in [1.82, 2.24) is 0 Å². The highest BCUT2D eigenvalue weighted by Crippen LogP contribution is 2.35. The first-order valence-corrected chi connectivity index (χ1v) is 5.77. The van der Waals surface area contributed by atoms with Crippen LogP contribution in [0, 0.1) is 17.6 Å². The van der Waals surface area contributed by atoms with E-state index in [-0.39, 0.29) is 11.5 Å². The van der Waals surface area contributed by atoms with Crippen molar-refractivity contribution in [3.05, 3.63) is 35.4 Å². The maximum atomic E-state index is 13.1. The summed E-state index contributed by atoms with van der Waals surface area (Å²) >= 11 is 0. The summed E-state index contributed by atoms with van der Waals surface area (Å²) in [6.07, 6.45) is 1.66. The third kappa shape index (κ3) is 2.64. The Morgan fingerprint density at radius 2 is 1.94 bits per heavy atom. The minimum Gasteiger partial charge on any atom is -0.385 e. The zero-order valence-electron chi connectivity index (χ0n) is 9.75. The molecule has 1 aliphatic rings. The molecule has 0 aromatic heterocycles. The topological polar surface area (TPSA) is 29.5 Å². The molecule has 17 heavy (non-hydrogen) atoms. The Morgan fingerprint density at radius 1 is 1.29 bits per heavy atom. The van der Waals surface area contributed by atoms with Crippen molar-refractivity contribution in [2.24, 2.45) is 5.92 Å². The number of rotatable bonds is 2. The Balaban J connectivity index is 2.29. The van der Waals surface area contributed by atoms with Crippen molar-refractivity contribution in [3.8, 4) is 0 Å². The highest BCUT2D eigenvalue weighted by atomic mass is 19.1. The van der Waals surface area contributed by atoms with Gasteiger partial charge in [0.05, 0.1) is 12.2 Å². The van der Waals surface area contributed by atoms with Gasteiger partial charge in [-0.1, -0.05) is 0 Å². The lowest BCUT2D eigenvalue weighted by atomic mass is 9.80. The summed E-state index contributed by atoms with van der Waals surface area (Å²) in [5.74, 6) is -1.47. The number of hydrogen-bond donors (Lipinski definition) is 1. The highest BCUT2D eigenvalue weighted by Gasteiger charge is 2.35. The minimum atomic E-state index is -1.26. The van der Waals surface area contributed by atoms with Crippen molar-refractivity contribution in [2.45, 2.75) is 25.4 Å². The maximum absolute atomic E-state index is 13.1. The summed E-state index contributed by atoms with van der Waals surface area (Å²) in [5.41, 5.74) is -0.992. The van der Waals surface area contributed by atoms with Crippen LogP contribution in [0.4, 0.5) is 8.78 Å². The molecule has 1 aliphatic heterocycles. The van der Waals surface area contributed by atoms with E-state index in [1.165, 1.54) is 12.1 Å². The van der Waals surface area contributed by atoms with Crippen molar-refractivity contribution in [2.75, 3.05) is 13.2 Å². The summed E-state index contributed by atoms with van der Waals surface area (Å²) in [5, 5.41) is 10.4. The van der Waals surface area contributed by atoms with Crippen LogP contribution in [0.15, 0.2) is 18.2 Å². The molecular formula is C13H16F2O2. The molecule has 2 nitrogen and oxygen atoms in total. The zero-order valence-corrected chi connectivity index (χ0v) is 9.75. The van der Waals surface area contributed by atoms with Gasteiger partial charge in [-0.05, 0) is 37.5 Å². The van der Waals surface area contributed by atoms with E-state index < -0.39 is 17.2 Å². The van der Waals surface area contributed by atoms with Gasteiger partial charge < -0.3 is 9.84 Å². The first kappa shape index (κ1) is 12.5. The van der Waals surface area contributed by atoms with Gasteiger partial charge in [0.1, 0.15) is 11.6 Å². The predicted molar refractivity (Wildman–Crippen MR) is 59.5 cm³/mol. The number of ether oxygens (including phenoxy) is 1. The van der Waals surface area contributed by atoms with Crippen molar-refractivity contribution in [1.29, 1.82) is 0 Å². The van der Waals surface area contributed by atoms with Gasteiger partial charge in [0.15, 0.2) is 0 Å². The molecule has 4 heteroatoms. The Labute approximate surface area is 99.2 Å². The van der Waals surface area contributed by atoms with Crippen LogP contribution >= 0.6 is 0 Å². The molecule has 0 bridgehead atoms. The third-order valence-corrected chi connectivity index (χ3v) is 3.40. The quantitative estimate of drug-likeness (QED) is 0.863. The van der Waals surface area contributed by atoms with Gasteiger partial charge in [-0.3, -0.25) is 0 Å². The van der Waals surface area contributed by atoms with E-state index in [1.54, 1.807) is 6.92 Å². The second kappa shape index (κ2) is 4.70. The first-order valence-electron chi connectivity index (χ1n) is 5.77. The van der Waals surface area contributed by atoms with Gasteiger partial charge in [-0.15, -0.1) is 0 Å². The molecule has 0 spiro atoms. The lowest BCUT2D eigenvalue weighted by Gasteiger charge is -2.35. The molecule has 1 heterocycles. The van der Waals surface area contributed by atoms with Crippen LogP contribution < -0.4 is 0 Å². The molecule has 0 amide bonds. The van der Waals surface area contributed by atoms with Gasteiger partial charge in [-0.2, -0.15) is 0 Å². The fourth-order valence-corrected chi connectivity index (χ4v) is 2.27. The molecule has 0 radical (unpaired) electrons. The summed E-state index contributed by atoms with van der Waals surface area (Å²) < 4.78 is 31.6. The van der Waals surface area contributed by atoms with Gasteiger partial charge in [0.25, 0.3) is 0 Å². The van der Waals surface area contributed by atoms with Crippen LogP contribution in [-0.2, 0) is 10.3 Å². The van der Waals surface area contributed by atoms with E-state index in [9.17, 15) is 13.9 Å². The molecule has 0 aliphatic carbocycles. The minimum absolute atomic E-state index is 0.127. The van der Waals surface area contributed by atoms with E-state index in [4.69, 9.17) is 4.74 Å². The van der Waals surface area contributed by atoms with E-state index in [2.05, 4.69) is 0 Å². The Kier molecular flexibility index (Phi) is 3.45. The highest BCUT2D eigenvalue weighted by molar-refractivity contribution is 5.24. The van der Waals surface area contributed by atoms with E-state index in [1.807, 2.05) is 0 Å². The second-order valence-corrected chi connectivity index (χ2v) is 4.72. The lowest BCUT2D eigenvalue weighted by molar-refractivity contribution is -0.0726. The van der Waals surface area contributed by atoms with E-state index in [0.29, 0.717) is 13.2 Å². The van der Waals surface area contributed by atoms with Gasteiger partial charge >= 0.3 is 0 Å². The predicted octanol–water partition coefficient (Wildman–Crippen LogP) is 2.60. The Hall–Kier alpha value is -1.00. The second-order valence-electron chi connectivity index (χ2n) is 4.72. The molecule has 2 unspecified atom stereocenters. The average molecular weight is 242 g/mol. The maximum Gasteiger partial charge on any atom is 0.126 e. The fraction of sp³-hybridized carbons (Fsp3) is 0.538. The lowest BCUT2D eigenvalue weighted by Crippen LogP contribution is -2.37. The third-order valence-electron chi connectivity index (χ3n) is 3.40. The van der Waals surface area contributed by atoms with Crippen LogP contribution in [0.3, 0.4) is 0 Å². The van der Waals surface area contributed by atoms with Crippen LogP contribution in [0.5, 0.6) is 0 Å². The van der Waals surface area contributed by atoms with Gasteiger partial charge in [-0.25, -0.2) is 8.78 Å². The van der Waals surface area contributed by atoms with Gasteiger partial charge in [0.2, 0.25) is 0 Å². The first-order chi connectivity index (χ1) is 8.00. The van der Waals surface area contributed by atoms with Crippen molar-refractivity contribution >= 4 is 0 Å². The molecule has 1 fully saturated rings. The summed E-state index contributed by atoms with van der Waals surface area (Å²) in [6, 6.07) is 3.16. The van der Waals surface area contributed by atoms with Crippen LogP contribution in [0.1, 0.15) is 25.3 Å². The average Bonchev–Trinajstić information content (AvgIpc) is 2.29. The van der Waals surface area contributed by atoms with Crippen LogP contribution in [0.25, 0.3) is 0 Å². The van der Waals surface area contributed by atoms with E-state index in [0.717, 1.165) is 18.9 Å². The molecule has 1 aromatic carbocycles. The smallest absolute Gasteiger partial charge is 0.126 e. The van der Waals surface area contributed by atoms with Crippen LogP contribution in [-0.4, -0.2) is 18.3 Å². The molecule has 1 N–H and O–H groups in total. The Morgan fingerprint density at radius 3 is 2.47 bits per heavy atom. The monoisotopic (exact) mass is 242 g/mol. The van der Waals surface area contributed by atoms with E-state index >= 15 is 0 Å². The van der Waals surface area contributed by atoms with Gasteiger partial charge in [0, 0.05) is 18.6 Å². The number of aliphatic hydroxyl groups is 1. The molecule has 94 valence electrons. The molecular weight excluding hydrogens is 226 g/mol. The fourth-order valence-electron chi connectivity index (χ4n) is 2.27. The number of halogens is 2. The number of benzene rings is 1. The summed E-state index contributed by atoms with van der Waals surface area (Å²) in [4.78, 5) is 0. The largest absolute Gasteiger partial charge is 0.385 e. The summed E-state index contributed by atoms with van der Waals surface area (Å²) in [7, 11) is 0. The molecule has 2 atom stereocenters. The zero-order chi connectivity index (χ0) is 12.5. The number of hydrogen-bond acceptors (Lipinski definition) is 2. The molecule has 2 rings (SSSR count). The normalized spacial score (nSPS) is 24.4. The summed E-state index contributed by atoms with van der Waals surface area (Å²) in [6.45, 7) is 2.69. The SMILES string of the molecule is CC(O)(c1cc(F)cc(F)c1)C1CCCOC1. The van der Waals surface area contributed by atoms with Crippen molar-refractivity contribution < 1.29 is 18.6 Å². The van der Waals surface area contributed by atoms with Crippen molar-refractivity contribution in [3.63, 3.8) is 0 Å².